The Morgan fingerprint density at radius 3 is 2.61 bits per heavy atom. The molecule has 31 heavy (non-hydrogen) atoms. The molecule has 158 valence electrons. The van der Waals surface area contributed by atoms with E-state index in [-0.39, 0.29) is 18.9 Å². The molecule has 0 saturated heterocycles. The van der Waals surface area contributed by atoms with Crippen molar-refractivity contribution in [1.29, 1.82) is 0 Å². The van der Waals surface area contributed by atoms with Crippen LogP contribution < -0.4 is 5.32 Å². The standard InChI is InChI=1S/C24H24N4O3/c1-16-24(17(2)28(27-16)19-8-4-3-5-9-19)26-22(29)15-31-23(30)13-12-18-14-25-21-11-7-6-10-20(18)21/h3-11,14,25H,12-13,15H2,1-2H3,(H,26,29). The highest BCUT2D eigenvalue weighted by Gasteiger charge is 2.16. The number of H-pyrrole nitrogens is 1. The minimum absolute atomic E-state index is 0.207. The summed E-state index contributed by atoms with van der Waals surface area (Å²) in [6.45, 7) is 3.38. The molecule has 2 heterocycles. The van der Waals surface area contributed by atoms with Crippen molar-refractivity contribution >= 4 is 28.5 Å². The van der Waals surface area contributed by atoms with E-state index in [4.69, 9.17) is 4.74 Å². The van der Waals surface area contributed by atoms with Crippen LogP contribution in [0.25, 0.3) is 16.6 Å². The average molecular weight is 416 g/mol. The highest BCUT2D eigenvalue weighted by Crippen LogP contribution is 2.23. The van der Waals surface area contributed by atoms with Crippen LogP contribution in [-0.4, -0.2) is 33.2 Å². The third-order valence-corrected chi connectivity index (χ3v) is 5.19. The van der Waals surface area contributed by atoms with Gasteiger partial charge in [-0.1, -0.05) is 36.4 Å². The van der Waals surface area contributed by atoms with Gasteiger partial charge in [0, 0.05) is 23.5 Å². The molecule has 0 spiro atoms. The minimum Gasteiger partial charge on any atom is -0.456 e. The zero-order chi connectivity index (χ0) is 21.8. The Bertz CT molecular complexity index is 1220. The van der Waals surface area contributed by atoms with Gasteiger partial charge in [0.05, 0.1) is 22.8 Å². The summed E-state index contributed by atoms with van der Waals surface area (Å²) in [5.74, 6) is -0.798. The number of ether oxygens (including phenoxy) is 1. The number of hydrogen-bond donors (Lipinski definition) is 2. The molecule has 2 aromatic carbocycles. The molecule has 0 aliphatic heterocycles. The molecule has 2 N–H and O–H groups in total. The number of aromatic nitrogens is 3. The largest absolute Gasteiger partial charge is 0.456 e. The first-order valence-corrected chi connectivity index (χ1v) is 10.1. The van der Waals surface area contributed by atoms with Gasteiger partial charge in [-0.2, -0.15) is 5.10 Å². The molecule has 7 heteroatoms. The second kappa shape index (κ2) is 8.87. The smallest absolute Gasteiger partial charge is 0.306 e. The fourth-order valence-electron chi connectivity index (χ4n) is 3.61. The van der Waals surface area contributed by atoms with Crippen molar-refractivity contribution in [3.05, 3.63) is 77.7 Å². The van der Waals surface area contributed by atoms with Gasteiger partial charge in [0.2, 0.25) is 0 Å². The van der Waals surface area contributed by atoms with E-state index >= 15 is 0 Å². The maximum atomic E-state index is 12.3. The van der Waals surface area contributed by atoms with Gasteiger partial charge in [-0.05, 0) is 44.0 Å². The quantitative estimate of drug-likeness (QED) is 0.444. The third-order valence-electron chi connectivity index (χ3n) is 5.19. The fraction of sp³-hybridized carbons (Fsp3) is 0.208. The van der Waals surface area contributed by atoms with Gasteiger partial charge in [0.25, 0.3) is 5.91 Å². The third kappa shape index (κ3) is 4.50. The van der Waals surface area contributed by atoms with Gasteiger partial charge in [0.15, 0.2) is 6.61 Å². The van der Waals surface area contributed by atoms with E-state index < -0.39 is 5.97 Å². The van der Waals surface area contributed by atoms with E-state index in [0.29, 0.717) is 17.8 Å². The average Bonchev–Trinajstić information content (AvgIpc) is 3.33. The second-order valence-electron chi connectivity index (χ2n) is 7.36. The Kier molecular flexibility index (Phi) is 5.84. The van der Waals surface area contributed by atoms with Crippen molar-refractivity contribution in [2.24, 2.45) is 0 Å². The number of nitrogens with zero attached hydrogens (tertiary/aromatic N) is 2. The predicted octanol–water partition coefficient (Wildman–Crippen LogP) is 4.08. The lowest BCUT2D eigenvalue weighted by Gasteiger charge is -2.08. The number of carbonyl (C=O) groups excluding carboxylic acids is 2. The first kappa shape index (κ1) is 20.4. The number of amides is 1. The molecule has 0 radical (unpaired) electrons. The first-order chi connectivity index (χ1) is 15.0. The van der Waals surface area contributed by atoms with E-state index in [1.807, 2.05) is 74.6 Å². The van der Waals surface area contributed by atoms with Gasteiger partial charge in [-0.15, -0.1) is 0 Å². The fourth-order valence-corrected chi connectivity index (χ4v) is 3.61. The Hall–Kier alpha value is -3.87. The van der Waals surface area contributed by atoms with Crippen LogP contribution in [0, 0.1) is 13.8 Å². The van der Waals surface area contributed by atoms with Gasteiger partial charge < -0.3 is 15.0 Å². The number of aryl methyl sites for hydroxylation is 2. The lowest BCUT2D eigenvalue weighted by molar-refractivity contribution is -0.147. The van der Waals surface area contributed by atoms with E-state index in [1.165, 1.54) is 0 Å². The van der Waals surface area contributed by atoms with E-state index in [2.05, 4.69) is 15.4 Å². The van der Waals surface area contributed by atoms with Crippen LogP contribution in [-0.2, 0) is 20.7 Å². The molecule has 0 aliphatic rings. The molecule has 4 rings (SSSR count). The number of para-hydroxylation sites is 2. The van der Waals surface area contributed by atoms with Crippen LogP contribution >= 0.6 is 0 Å². The summed E-state index contributed by atoms with van der Waals surface area (Å²) in [6, 6.07) is 17.6. The summed E-state index contributed by atoms with van der Waals surface area (Å²) in [6.07, 6.45) is 2.66. The van der Waals surface area contributed by atoms with Gasteiger partial charge in [-0.25, -0.2) is 4.68 Å². The Labute approximate surface area is 180 Å². The van der Waals surface area contributed by atoms with Crippen LogP contribution in [0.3, 0.4) is 0 Å². The van der Waals surface area contributed by atoms with Crippen molar-refractivity contribution in [3.8, 4) is 5.69 Å². The van der Waals surface area contributed by atoms with Crippen molar-refractivity contribution < 1.29 is 14.3 Å². The summed E-state index contributed by atoms with van der Waals surface area (Å²) in [4.78, 5) is 27.7. The van der Waals surface area contributed by atoms with Crippen molar-refractivity contribution in [1.82, 2.24) is 14.8 Å². The molecule has 0 aliphatic carbocycles. The number of anilines is 1. The normalized spacial score (nSPS) is 10.9. The molecule has 1 amide bonds. The number of rotatable bonds is 7. The number of esters is 1. The number of nitrogens with one attached hydrogen (secondary N) is 2. The molecule has 0 atom stereocenters. The molecule has 4 aromatic rings. The number of carbonyl (C=O) groups is 2. The molecule has 0 unspecified atom stereocenters. The first-order valence-electron chi connectivity index (χ1n) is 10.1. The minimum atomic E-state index is -0.408. The van der Waals surface area contributed by atoms with Gasteiger partial charge in [-0.3, -0.25) is 9.59 Å². The van der Waals surface area contributed by atoms with Crippen molar-refractivity contribution in [2.45, 2.75) is 26.7 Å². The zero-order valence-corrected chi connectivity index (χ0v) is 17.5. The molecule has 0 bridgehead atoms. The SMILES string of the molecule is Cc1nn(-c2ccccc2)c(C)c1NC(=O)COC(=O)CCc1c[nH]c2ccccc12. The summed E-state index contributed by atoms with van der Waals surface area (Å²) >= 11 is 0. The van der Waals surface area contributed by atoms with E-state index in [0.717, 1.165) is 27.8 Å². The van der Waals surface area contributed by atoms with Crippen LogP contribution in [0.1, 0.15) is 23.4 Å². The summed E-state index contributed by atoms with van der Waals surface area (Å²) in [5.41, 5.74) is 5.13. The molecular weight excluding hydrogens is 392 g/mol. The topological polar surface area (TPSA) is 89.0 Å². The van der Waals surface area contributed by atoms with E-state index in [1.54, 1.807) is 4.68 Å². The number of aromatic amines is 1. The molecule has 0 saturated carbocycles. The second-order valence-corrected chi connectivity index (χ2v) is 7.36. The predicted molar refractivity (Wildman–Crippen MR) is 119 cm³/mol. The highest BCUT2D eigenvalue weighted by atomic mass is 16.5. The maximum absolute atomic E-state index is 12.3. The monoisotopic (exact) mass is 416 g/mol. The Morgan fingerprint density at radius 1 is 1.06 bits per heavy atom. The lowest BCUT2D eigenvalue weighted by atomic mass is 10.1. The number of hydrogen-bond acceptors (Lipinski definition) is 4. The molecule has 2 aromatic heterocycles. The Balaban J connectivity index is 1.31. The van der Waals surface area contributed by atoms with Crippen molar-refractivity contribution in [2.75, 3.05) is 11.9 Å². The Morgan fingerprint density at radius 2 is 1.81 bits per heavy atom. The molecular formula is C24H24N4O3. The summed E-state index contributed by atoms with van der Waals surface area (Å²) in [7, 11) is 0. The summed E-state index contributed by atoms with van der Waals surface area (Å²) < 4.78 is 6.95. The maximum Gasteiger partial charge on any atom is 0.306 e. The van der Waals surface area contributed by atoms with Crippen LogP contribution in [0.15, 0.2) is 60.8 Å². The summed E-state index contributed by atoms with van der Waals surface area (Å²) in [5, 5.41) is 8.41. The molecule has 7 nitrogen and oxygen atoms in total. The van der Waals surface area contributed by atoms with Crippen LogP contribution in [0.5, 0.6) is 0 Å². The van der Waals surface area contributed by atoms with Gasteiger partial charge >= 0.3 is 5.97 Å². The zero-order valence-electron chi connectivity index (χ0n) is 17.5. The lowest BCUT2D eigenvalue weighted by Crippen LogP contribution is -2.21. The van der Waals surface area contributed by atoms with Crippen LogP contribution in [0.4, 0.5) is 5.69 Å². The van der Waals surface area contributed by atoms with Gasteiger partial charge in [0.1, 0.15) is 0 Å². The van der Waals surface area contributed by atoms with E-state index in [9.17, 15) is 9.59 Å². The number of fused-ring (bicyclic) bond motifs is 1. The van der Waals surface area contributed by atoms with Crippen molar-refractivity contribution in [3.63, 3.8) is 0 Å². The number of benzene rings is 2. The van der Waals surface area contributed by atoms with Crippen LogP contribution in [0.2, 0.25) is 0 Å². The highest BCUT2D eigenvalue weighted by molar-refractivity contribution is 5.94. The molecule has 0 fully saturated rings.